The minimum absolute atomic E-state index is 0.325. The molecule has 0 aliphatic carbocycles. The Morgan fingerprint density at radius 1 is 0.688 bits per heavy atom. The van der Waals surface area contributed by atoms with Gasteiger partial charge in [-0.1, -0.05) is 53.7 Å². The van der Waals surface area contributed by atoms with Crippen molar-refractivity contribution in [3.8, 4) is 11.5 Å². The second-order valence-corrected chi connectivity index (χ2v) is 9.36. The summed E-state index contributed by atoms with van der Waals surface area (Å²) in [4.78, 5) is 8.96. The molecule has 0 heterocycles. The summed E-state index contributed by atoms with van der Waals surface area (Å²) in [5.41, 5.74) is 5.94. The molecule has 0 atom stereocenters. The molecule has 0 unspecified atom stereocenters. The van der Waals surface area contributed by atoms with Gasteiger partial charge in [0.2, 0.25) is 0 Å². The van der Waals surface area contributed by atoms with Gasteiger partial charge in [0.1, 0.15) is 11.5 Å². The van der Waals surface area contributed by atoms with Crippen molar-refractivity contribution in [1.29, 1.82) is 0 Å². The Labute approximate surface area is 194 Å². The first-order valence-electron chi connectivity index (χ1n) is 11.9. The third-order valence-electron chi connectivity index (χ3n) is 5.42. The molecule has 32 heavy (non-hydrogen) atoms. The number of nitrogens with zero attached hydrogens (tertiary/aromatic N) is 2. The van der Waals surface area contributed by atoms with Gasteiger partial charge in [0.05, 0.1) is 13.1 Å². The molecule has 0 saturated carbocycles. The van der Waals surface area contributed by atoms with Crippen LogP contribution in [0.15, 0.2) is 34.3 Å². The predicted molar refractivity (Wildman–Crippen MR) is 137 cm³/mol. The number of phenolic OH excluding ortho intramolecular Hbond substituents is 2. The Morgan fingerprint density at radius 2 is 1.06 bits per heavy atom. The summed E-state index contributed by atoms with van der Waals surface area (Å²) in [5, 5.41) is 21.0. The van der Waals surface area contributed by atoms with E-state index < -0.39 is 0 Å². The Balaban J connectivity index is 2.07. The quantitative estimate of drug-likeness (QED) is 0.327. The molecule has 4 heteroatoms. The summed E-state index contributed by atoms with van der Waals surface area (Å²) in [6, 6.07) is 8.26. The van der Waals surface area contributed by atoms with Crippen molar-refractivity contribution >= 4 is 12.4 Å². The fourth-order valence-electron chi connectivity index (χ4n) is 3.93. The third kappa shape index (κ3) is 7.51. The van der Waals surface area contributed by atoms with Gasteiger partial charge in [-0.15, -0.1) is 0 Å². The van der Waals surface area contributed by atoms with E-state index in [-0.39, 0.29) is 0 Å². The van der Waals surface area contributed by atoms with Crippen LogP contribution in [0.1, 0.15) is 74.9 Å². The number of phenols is 2. The van der Waals surface area contributed by atoms with Gasteiger partial charge in [0, 0.05) is 23.6 Å². The molecule has 4 nitrogen and oxygen atoms in total. The van der Waals surface area contributed by atoms with Gasteiger partial charge in [0.25, 0.3) is 0 Å². The van der Waals surface area contributed by atoms with E-state index in [1.807, 2.05) is 12.1 Å². The molecule has 0 radical (unpaired) electrons. The van der Waals surface area contributed by atoms with Gasteiger partial charge >= 0.3 is 0 Å². The summed E-state index contributed by atoms with van der Waals surface area (Å²) in [6.07, 6.45) is 7.06. The number of hydrogen-bond acceptors (Lipinski definition) is 4. The monoisotopic (exact) mass is 436 g/mol. The molecule has 0 spiro atoms. The minimum atomic E-state index is 0.325. The van der Waals surface area contributed by atoms with Crippen LogP contribution in [0.4, 0.5) is 0 Å². The third-order valence-corrected chi connectivity index (χ3v) is 5.42. The van der Waals surface area contributed by atoms with E-state index >= 15 is 0 Å². The Kier molecular flexibility index (Phi) is 9.96. The average Bonchev–Trinajstić information content (AvgIpc) is 2.73. The minimum Gasteiger partial charge on any atom is -0.507 e. The van der Waals surface area contributed by atoms with Crippen molar-refractivity contribution in [2.75, 3.05) is 13.1 Å². The summed E-state index contributed by atoms with van der Waals surface area (Å²) >= 11 is 0. The van der Waals surface area contributed by atoms with E-state index in [4.69, 9.17) is 0 Å². The highest BCUT2D eigenvalue weighted by molar-refractivity contribution is 5.85. The highest BCUT2D eigenvalue weighted by Gasteiger charge is 2.10. The second kappa shape index (κ2) is 12.4. The second-order valence-electron chi connectivity index (χ2n) is 9.36. The number of rotatable bonds is 11. The molecular formula is C28H40N2O2. The van der Waals surface area contributed by atoms with Gasteiger partial charge in [-0.3, -0.25) is 9.98 Å². The predicted octanol–water partition coefficient (Wildman–Crippen LogP) is 6.16. The van der Waals surface area contributed by atoms with Crippen LogP contribution in [0.25, 0.3) is 0 Å². The lowest BCUT2D eigenvalue weighted by atomic mass is 9.96. The average molecular weight is 437 g/mol. The van der Waals surface area contributed by atoms with Gasteiger partial charge < -0.3 is 10.2 Å². The number of aliphatic imine (C=N–C) groups is 2. The van der Waals surface area contributed by atoms with Crippen molar-refractivity contribution in [3.63, 3.8) is 0 Å². The zero-order valence-electron chi connectivity index (χ0n) is 20.7. The Bertz CT molecular complexity index is 865. The number of hydrogen-bond donors (Lipinski definition) is 2. The largest absolute Gasteiger partial charge is 0.507 e. The zero-order valence-corrected chi connectivity index (χ0v) is 20.7. The lowest BCUT2D eigenvalue weighted by Gasteiger charge is -2.11. The van der Waals surface area contributed by atoms with Gasteiger partial charge in [-0.2, -0.15) is 0 Å². The maximum atomic E-state index is 10.5. The highest BCUT2D eigenvalue weighted by Crippen LogP contribution is 2.26. The smallest absolute Gasteiger partial charge is 0.127 e. The molecule has 0 aliphatic heterocycles. The first-order chi connectivity index (χ1) is 15.2. The SMILES string of the molecule is CCc1cc(CC(C)C)cc(C=NCCN=Cc2cc(CC(C)C)cc(CC)c2O)c1O. The fourth-order valence-corrected chi connectivity index (χ4v) is 3.93. The van der Waals surface area contributed by atoms with Gasteiger partial charge in [-0.25, -0.2) is 0 Å². The van der Waals surface area contributed by atoms with E-state index in [2.05, 4.69) is 63.7 Å². The van der Waals surface area contributed by atoms with Crippen LogP contribution in [0.5, 0.6) is 11.5 Å². The van der Waals surface area contributed by atoms with Crippen LogP contribution in [-0.4, -0.2) is 35.7 Å². The molecule has 0 aromatic heterocycles. The maximum absolute atomic E-state index is 10.5. The number of benzene rings is 2. The van der Waals surface area contributed by atoms with Crippen LogP contribution in [0.2, 0.25) is 0 Å². The van der Waals surface area contributed by atoms with Crippen molar-refractivity contribution < 1.29 is 10.2 Å². The molecule has 2 aromatic carbocycles. The van der Waals surface area contributed by atoms with E-state index in [0.717, 1.165) is 47.9 Å². The summed E-state index contributed by atoms with van der Waals surface area (Å²) in [6.45, 7) is 14.0. The van der Waals surface area contributed by atoms with Gasteiger partial charge in [-0.05, 0) is 71.9 Å². The highest BCUT2D eigenvalue weighted by atomic mass is 16.3. The number of aryl methyl sites for hydroxylation is 2. The summed E-state index contributed by atoms with van der Waals surface area (Å²) < 4.78 is 0. The first kappa shape index (κ1) is 25.6. The van der Waals surface area contributed by atoms with Crippen molar-refractivity contribution in [2.24, 2.45) is 21.8 Å². The molecule has 174 valence electrons. The molecular weight excluding hydrogens is 396 g/mol. The zero-order chi connectivity index (χ0) is 23.7. The van der Waals surface area contributed by atoms with Crippen LogP contribution in [0.3, 0.4) is 0 Å². The molecule has 0 aliphatic rings. The number of aromatic hydroxyl groups is 2. The molecule has 0 fully saturated rings. The normalized spacial score (nSPS) is 12.1. The van der Waals surface area contributed by atoms with Gasteiger partial charge in [0.15, 0.2) is 0 Å². The molecule has 2 rings (SSSR count). The lowest BCUT2D eigenvalue weighted by Crippen LogP contribution is -2.00. The maximum Gasteiger partial charge on any atom is 0.127 e. The van der Waals surface area contributed by atoms with Crippen LogP contribution >= 0.6 is 0 Å². The Hall–Kier alpha value is -2.62. The Morgan fingerprint density at radius 3 is 1.38 bits per heavy atom. The fraction of sp³-hybridized carbons (Fsp3) is 0.500. The van der Waals surface area contributed by atoms with E-state index in [0.29, 0.717) is 36.4 Å². The van der Waals surface area contributed by atoms with Crippen LogP contribution < -0.4 is 0 Å². The van der Waals surface area contributed by atoms with Crippen molar-refractivity contribution in [1.82, 2.24) is 0 Å². The standard InChI is InChI=1S/C28H40N2O2/c1-7-23-13-21(11-19(3)4)15-25(27(23)31)17-29-9-10-30-18-26-16-22(12-20(5)6)14-24(8-2)28(26)32/h13-20,31-32H,7-12H2,1-6H3. The molecule has 0 saturated heterocycles. The first-order valence-corrected chi connectivity index (χ1v) is 11.9. The molecule has 2 N–H and O–H groups in total. The summed E-state index contributed by atoms with van der Waals surface area (Å²) in [7, 11) is 0. The van der Waals surface area contributed by atoms with Crippen molar-refractivity contribution in [2.45, 2.75) is 67.2 Å². The van der Waals surface area contributed by atoms with Crippen LogP contribution in [0, 0.1) is 11.8 Å². The lowest BCUT2D eigenvalue weighted by molar-refractivity contribution is 0.467. The van der Waals surface area contributed by atoms with Crippen molar-refractivity contribution in [3.05, 3.63) is 57.6 Å². The van der Waals surface area contributed by atoms with E-state index in [9.17, 15) is 10.2 Å². The van der Waals surface area contributed by atoms with E-state index in [1.165, 1.54) is 11.1 Å². The molecule has 0 amide bonds. The van der Waals surface area contributed by atoms with Crippen LogP contribution in [-0.2, 0) is 25.7 Å². The van der Waals surface area contributed by atoms with E-state index in [1.54, 1.807) is 12.4 Å². The molecule has 0 bridgehead atoms. The molecule has 2 aromatic rings. The topological polar surface area (TPSA) is 65.2 Å². The summed E-state index contributed by atoms with van der Waals surface area (Å²) in [5.74, 6) is 1.77.